The molecule has 1 aromatic carbocycles. The fourth-order valence-corrected chi connectivity index (χ4v) is 1.86. The molecule has 2 aromatic rings. The van der Waals surface area contributed by atoms with Crippen LogP contribution in [0.4, 0.5) is 4.39 Å². The Balaban J connectivity index is 2.53. The molecule has 0 aliphatic rings. The van der Waals surface area contributed by atoms with E-state index >= 15 is 0 Å². The number of thiazole rings is 1. The zero-order valence-corrected chi connectivity index (χ0v) is 8.07. The number of aromatic nitrogens is 1. The molecule has 0 aliphatic carbocycles. The van der Waals surface area contributed by atoms with Crippen molar-refractivity contribution < 1.29 is 4.39 Å². The molecule has 0 bridgehead atoms. The van der Waals surface area contributed by atoms with Gasteiger partial charge in [0.15, 0.2) is 0 Å². The fourth-order valence-electron chi connectivity index (χ4n) is 1.04. The molecule has 0 fully saturated rings. The first kappa shape index (κ1) is 8.66. The molecule has 0 unspecified atom stereocenters. The molecule has 0 radical (unpaired) electrons. The van der Waals surface area contributed by atoms with Crippen LogP contribution in [0.2, 0.25) is 5.02 Å². The Hall–Kier alpha value is -0.930. The molecule has 4 heteroatoms. The zero-order valence-electron chi connectivity index (χ0n) is 6.50. The summed E-state index contributed by atoms with van der Waals surface area (Å²) in [5, 5.41) is 2.27. The molecular weight excluding hydrogens is 209 g/mol. The van der Waals surface area contributed by atoms with E-state index in [0.717, 1.165) is 11.3 Å². The van der Waals surface area contributed by atoms with Crippen molar-refractivity contribution >= 4 is 22.9 Å². The molecular formula is C9H5ClFNS. The summed E-state index contributed by atoms with van der Waals surface area (Å²) in [7, 11) is 0. The van der Waals surface area contributed by atoms with Gasteiger partial charge in [-0.1, -0.05) is 11.6 Å². The van der Waals surface area contributed by atoms with Crippen molar-refractivity contribution in [2.24, 2.45) is 0 Å². The molecule has 0 aliphatic heterocycles. The van der Waals surface area contributed by atoms with Gasteiger partial charge in [-0.2, -0.15) is 0 Å². The molecule has 2 rings (SSSR count). The van der Waals surface area contributed by atoms with Crippen LogP contribution >= 0.6 is 22.9 Å². The smallest absolute Gasteiger partial charge is 0.124 e. The number of hydrogen-bond donors (Lipinski definition) is 0. The monoisotopic (exact) mass is 213 g/mol. The molecule has 66 valence electrons. The predicted molar refractivity (Wildman–Crippen MR) is 52.5 cm³/mol. The highest BCUT2D eigenvalue weighted by Gasteiger charge is 2.05. The van der Waals surface area contributed by atoms with Crippen LogP contribution in [0.1, 0.15) is 0 Å². The summed E-state index contributed by atoms with van der Waals surface area (Å²) in [5.41, 5.74) is 3.27. The molecule has 1 aromatic heterocycles. The molecule has 13 heavy (non-hydrogen) atoms. The van der Waals surface area contributed by atoms with Crippen molar-refractivity contribution in [1.82, 2.24) is 4.98 Å². The third kappa shape index (κ3) is 1.71. The van der Waals surface area contributed by atoms with Gasteiger partial charge in [0.05, 0.1) is 16.2 Å². The number of rotatable bonds is 1. The summed E-state index contributed by atoms with van der Waals surface area (Å²) in [4.78, 5) is 4.09. The van der Waals surface area contributed by atoms with Crippen LogP contribution in [0.5, 0.6) is 0 Å². The Morgan fingerprint density at radius 1 is 1.38 bits per heavy atom. The minimum Gasteiger partial charge on any atom is -0.245 e. The van der Waals surface area contributed by atoms with E-state index in [0.29, 0.717) is 5.02 Å². The van der Waals surface area contributed by atoms with Gasteiger partial charge in [0, 0.05) is 10.9 Å². The number of halogens is 2. The lowest BCUT2D eigenvalue weighted by molar-refractivity contribution is 0.628. The second kappa shape index (κ2) is 3.44. The Bertz CT molecular complexity index is 414. The van der Waals surface area contributed by atoms with Crippen LogP contribution in [-0.2, 0) is 0 Å². The first-order valence-electron chi connectivity index (χ1n) is 3.61. The number of benzene rings is 1. The van der Waals surface area contributed by atoms with E-state index < -0.39 is 0 Å². The summed E-state index contributed by atoms with van der Waals surface area (Å²) < 4.78 is 12.7. The molecule has 1 heterocycles. The fraction of sp³-hybridized carbons (Fsp3) is 0. The molecule has 0 N–H and O–H groups in total. The Morgan fingerprint density at radius 2 is 2.23 bits per heavy atom. The first-order valence-corrected chi connectivity index (χ1v) is 4.93. The van der Waals surface area contributed by atoms with E-state index in [1.165, 1.54) is 23.5 Å². The summed E-state index contributed by atoms with van der Waals surface area (Å²) in [6.07, 6.45) is 0. The summed E-state index contributed by atoms with van der Waals surface area (Å²) in [5.74, 6) is -0.330. The van der Waals surface area contributed by atoms with Crippen LogP contribution in [-0.4, -0.2) is 4.98 Å². The lowest BCUT2D eigenvalue weighted by Gasteiger charge is -1.99. The lowest BCUT2D eigenvalue weighted by Crippen LogP contribution is -1.80. The van der Waals surface area contributed by atoms with Gasteiger partial charge in [-0.25, -0.2) is 9.37 Å². The highest BCUT2D eigenvalue weighted by atomic mass is 35.5. The van der Waals surface area contributed by atoms with Crippen molar-refractivity contribution in [1.29, 1.82) is 0 Å². The van der Waals surface area contributed by atoms with E-state index in [1.807, 2.05) is 5.38 Å². The van der Waals surface area contributed by atoms with Gasteiger partial charge in [-0.3, -0.25) is 0 Å². The predicted octanol–water partition coefficient (Wildman–Crippen LogP) is 3.60. The minimum atomic E-state index is -0.330. The Labute approximate surface area is 83.8 Å². The van der Waals surface area contributed by atoms with E-state index in [1.54, 1.807) is 11.6 Å². The molecule has 1 nitrogen and oxygen atoms in total. The lowest BCUT2D eigenvalue weighted by atomic mass is 10.2. The highest BCUT2D eigenvalue weighted by Crippen LogP contribution is 2.27. The number of nitrogens with zero attached hydrogens (tertiary/aromatic N) is 1. The highest BCUT2D eigenvalue weighted by molar-refractivity contribution is 7.07. The van der Waals surface area contributed by atoms with Crippen molar-refractivity contribution in [2.75, 3.05) is 0 Å². The van der Waals surface area contributed by atoms with Crippen LogP contribution in [0.3, 0.4) is 0 Å². The minimum absolute atomic E-state index is 0.330. The quantitative estimate of drug-likeness (QED) is 0.705. The largest absolute Gasteiger partial charge is 0.245 e. The normalized spacial score (nSPS) is 10.3. The first-order chi connectivity index (χ1) is 6.27. The third-order valence-corrected chi connectivity index (χ3v) is 2.54. The van der Waals surface area contributed by atoms with Gasteiger partial charge >= 0.3 is 0 Å². The average Bonchev–Trinajstić information content (AvgIpc) is 2.56. The van der Waals surface area contributed by atoms with E-state index in [9.17, 15) is 4.39 Å². The van der Waals surface area contributed by atoms with E-state index in [2.05, 4.69) is 4.98 Å². The van der Waals surface area contributed by atoms with E-state index in [4.69, 9.17) is 11.6 Å². The van der Waals surface area contributed by atoms with Crippen LogP contribution < -0.4 is 0 Å². The van der Waals surface area contributed by atoms with Gasteiger partial charge in [-0.15, -0.1) is 11.3 Å². The van der Waals surface area contributed by atoms with Crippen molar-refractivity contribution in [3.05, 3.63) is 39.9 Å². The standard InChI is InChI=1S/C9H5ClFNS/c10-8-3-6(11)1-2-7(8)9-4-13-5-12-9/h1-5H. The maximum atomic E-state index is 12.7. The van der Waals surface area contributed by atoms with E-state index in [-0.39, 0.29) is 5.82 Å². The molecule has 0 saturated heterocycles. The SMILES string of the molecule is Fc1ccc(-c2cscn2)c(Cl)c1. The average molecular weight is 214 g/mol. The van der Waals surface area contributed by atoms with Crippen molar-refractivity contribution in [3.8, 4) is 11.3 Å². The summed E-state index contributed by atoms with van der Waals surface area (Å²) in [6, 6.07) is 4.30. The van der Waals surface area contributed by atoms with Gasteiger partial charge in [-0.05, 0) is 18.2 Å². The van der Waals surface area contributed by atoms with Gasteiger partial charge in [0.1, 0.15) is 5.82 Å². The Kier molecular flexibility index (Phi) is 2.29. The maximum Gasteiger partial charge on any atom is 0.124 e. The maximum absolute atomic E-state index is 12.7. The topological polar surface area (TPSA) is 12.9 Å². The Morgan fingerprint density at radius 3 is 2.85 bits per heavy atom. The van der Waals surface area contributed by atoms with Gasteiger partial charge in [0.25, 0.3) is 0 Å². The summed E-state index contributed by atoms with van der Waals surface area (Å²) in [6.45, 7) is 0. The van der Waals surface area contributed by atoms with Crippen molar-refractivity contribution in [2.45, 2.75) is 0 Å². The number of hydrogen-bond acceptors (Lipinski definition) is 2. The van der Waals surface area contributed by atoms with Gasteiger partial charge in [0.2, 0.25) is 0 Å². The van der Waals surface area contributed by atoms with Crippen LogP contribution in [0, 0.1) is 5.82 Å². The zero-order chi connectivity index (χ0) is 9.26. The third-order valence-electron chi connectivity index (χ3n) is 1.64. The van der Waals surface area contributed by atoms with Gasteiger partial charge < -0.3 is 0 Å². The molecule has 0 amide bonds. The summed E-state index contributed by atoms with van der Waals surface area (Å²) >= 11 is 7.33. The molecule has 0 spiro atoms. The van der Waals surface area contributed by atoms with Crippen LogP contribution in [0.25, 0.3) is 11.3 Å². The molecule has 0 saturated carbocycles. The molecule has 0 atom stereocenters. The van der Waals surface area contributed by atoms with Crippen LogP contribution in [0.15, 0.2) is 29.1 Å². The second-order valence-electron chi connectivity index (χ2n) is 2.50. The second-order valence-corrected chi connectivity index (χ2v) is 3.62. The van der Waals surface area contributed by atoms with Crippen molar-refractivity contribution in [3.63, 3.8) is 0 Å².